The van der Waals surface area contributed by atoms with Gasteiger partial charge in [0.25, 0.3) is 0 Å². The molecule has 0 aliphatic carbocycles. The second kappa shape index (κ2) is 5.51. The molecule has 1 aromatic heterocycles. The van der Waals surface area contributed by atoms with Crippen molar-refractivity contribution in [1.82, 2.24) is 15.0 Å². The van der Waals surface area contributed by atoms with Crippen molar-refractivity contribution in [3.05, 3.63) is 41.5 Å². The molecular formula is C11H7F3N4O2. The van der Waals surface area contributed by atoms with E-state index in [9.17, 15) is 22.8 Å². The summed E-state index contributed by atoms with van der Waals surface area (Å²) in [4.78, 5) is 21.9. The van der Waals surface area contributed by atoms with Crippen LogP contribution in [0.1, 0.15) is 10.5 Å². The number of benzene rings is 1. The summed E-state index contributed by atoms with van der Waals surface area (Å²) in [7, 11) is 0. The van der Waals surface area contributed by atoms with Crippen molar-refractivity contribution in [2.75, 3.05) is 5.32 Å². The van der Waals surface area contributed by atoms with Crippen LogP contribution in [0.2, 0.25) is 0 Å². The lowest BCUT2D eigenvalue weighted by molar-refractivity contribution is -0.117. The lowest BCUT2D eigenvalue weighted by atomic mass is 10.2. The number of hydrogen-bond acceptors (Lipinski definition) is 4. The molecule has 0 radical (unpaired) electrons. The summed E-state index contributed by atoms with van der Waals surface area (Å²) in [5.41, 5.74) is -0.471. The van der Waals surface area contributed by atoms with Gasteiger partial charge < -0.3 is 5.32 Å². The van der Waals surface area contributed by atoms with Crippen LogP contribution in [-0.4, -0.2) is 27.2 Å². The third kappa shape index (κ3) is 2.82. The van der Waals surface area contributed by atoms with Crippen LogP contribution in [-0.2, 0) is 11.3 Å². The minimum Gasteiger partial charge on any atom is -0.322 e. The first-order valence-electron chi connectivity index (χ1n) is 5.30. The quantitative estimate of drug-likeness (QED) is 0.675. The highest BCUT2D eigenvalue weighted by molar-refractivity contribution is 5.90. The number of carbonyl (C=O) groups is 2. The van der Waals surface area contributed by atoms with E-state index in [2.05, 4.69) is 15.6 Å². The summed E-state index contributed by atoms with van der Waals surface area (Å²) in [6.45, 7) is -0.362. The number of aromatic nitrogens is 3. The lowest BCUT2D eigenvalue weighted by Crippen LogP contribution is -2.20. The maximum Gasteiger partial charge on any atom is 0.246 e. The average Bonchev–Trinajstić information content (AvgIpc) is 2.87. The zero-order valence-corrected chi connectivity index (χ0v) is 9.81. The van der Waals surface area contributed by atoms with Crippen LogP contribution < -0.4 is 5.32 Å². The molecule has 6 nitrogen and oxygen atoms in total. The molecule has 0 aliphatic rings. The van der Waals surface area contributed by atoms with E-state index >= 15 is 0 Å². The number of carbonyl (C=O) groups excluding carboxylic acids is 2. The van der Waals surface area contributed by atoms with E-state index in [1.54, 1.807) is 0 Å². The van der Waals surface area contributed by atoms with Crippen molar-refractivity contribution in [2.45, 2.75) is 6.54 Å². The molecule has 104 valence electrons. The van der Waals surface area contributed by atoms with Crippen molar-refractivity contribution in [1.29, 1.82) is 0 Å². The number of aldehydes is 1. The number of anilines is 1. The summed E-state index contributed by atoms with van der Waals surface area (Å²) >= 11 is 0. The Morgan fingerprint density at radius 3 is 2.70 bits per heavy atom. The Morgan fingerprint density at radius 1 is 1.30 bits per heavy atom. The topological polar surface area (TPSA) is 76.9 Å². The molecule has 0 fully saturated rings. The second-order valence-electron chi connectivity index (χ2n) is 3.73. The maximum atomic E-state index is 13.3. The first-order chi connectivity index (χ1) is 9.51. The molecule has 20 heavy (non-hydrogen) atoms. The van der Waals surface area contributed by atoms with Gasteiger partial charge in [-0.1, -0.05) is 5.21 Å². The van der Waals surface area contributed by atoms with Crippen LogP contribution in [0.3, 0.4) is 0 Å². The Kier molecular flexibility index (Phi) is 3.78. The van der Waals surface area contributed by atoms with Crippen molar-refractivity contribution < 1.29 is 22.8 Å². The Balaban J connectivity index is 2.08. The molecule has 2 aromatic rings. The molecule has 0 unspecified atom stereocenters. The van der Waals surface area contributed by atoms with Crippen LogP contribution in [0, 0.1) is 17.5 Å². The van der Waals surface area contributed by atoms with Crippen LogP contribution in [0.15, 0.2) is 18.3 Å². The number of nitrogens with one attached hydrogen (secondary N) is 1. The monoisotopic (exact) mass is 284 g/mol. The number of hydrogen-bond donors (Lipinski definition) is 1. The largest absolute Gasteiger partial charge is 0.322 e. The second-order valence-corrected chi connectivity index (χ2v) is 3.73. The van der Waals surface area contributed by atoms with E-state index in [0.717, 1.165) is 10.7 Å². The van der Waals surface area contributed by atoms with Crippen LogP contribution in [0.4, 0.5) is 18.9 Å². The zero-order valence-electron chi connectivity index (χ0n) is 9.81. The lowest BCUT2D eigenvalue weighted by Gasteiger charge is -2.07. The van der Waals surface area contributed by atoms with Gasteiger partial charge in [0.05, 0.1) is 11.9 Å². The Hall–Kier alpha value is -2.71. The average molecular weight is 284 g/mol. The molecule has 0 aliphatic heterocycles. The van der Waals surface area contributed by atoms with Gasteiger partial charge in [-0.05, 0) is 12.1 Å². The van der Waals surface area contributed by atoms with Gasteiger partial charge in [-0.15, -0.1) is 5.10 Å². The van der Waals surface area contributed by atoms with Gasteiger partial charge in [-0.3, -0.25) is 9.59 Å². The molecule has 0 saturated heterocycles. The fraction of sp³-hybridized carbons (Fsp3) is 0.0909. The molecule has 1 amide bonds. The van der Waals surface area contributed by atoms with Gasteiger partial charge in [0, 0.05) is 0 Å². The summed E-state index contributed by atoms with van der Waals surface area (Å²) in [6, 6.07) is 1.58. The summed E-state index contributed by atoms with van der Waals surface area (Å²) in [5, 5.41) is 8.95. The van der Waals surface area contributed by atoms with Gasteiger partial charge >= 0.3 is 0 Å². The smallest absolute Gasteiger partial charge is 0.246 e. The molecule has 0 bridgehead atoms. The van der Waals surface area contributed by atoms with Crippen molar-refractivity contribution in [3.63, 3.8) is 0 Å². The zero-order chi connectivity index (χ0) is 14.7. The summed E-state index contributed by atoms with van der Waals surface area (Å²) in [5.74, 6) is -5.26. The van der Waals surface area contributed by atoms with Gasteiger partial charge in [0.2, 0.25) is 5.91 Å². The molecule has 1 aromatic carbocycles. The standard InChI is InChI=1S/C11H7F3N4O2/c12-7-1-2-8(11(14)10(7)13)15-9(20)4-18-3-6(5-19)16-17-18/h1-3,5H,4H2,(H,15,20). The summed E-state index contributed by atoms with van der Waals surface area (Å²) in [6.07, 6.45) is 1.64. The molecule has 0 spiro atoms. The Bertz CT molecular complexity index is 672. The molecule has 1 heterocycles. The highest BCUT2D eigenvalue weighted by atomic mass is 19.2. The van der Waals surface area contributed by atoms with Crippen LogP contribution >= 0.6 is 0 Å². The molecule has 9 heteroatoms. The van der Waals surface area contributed by atoms with Gasteiger partial charge in [-0.2, -0.15) is 0 Å². The first-order valence-corrected chi connectivity index (χ1v) is 5.30. The van der Waals surface area contributed by atoms with Gasteiger partial charge in [-0.25, -0.2) is 17.9 Å². The highest BCUT2D eigenvalue weighted by Gasteiger charge is 2.15. The Morgan fingerprint density at radius 2 is 2.05 bits per heavy atom. The fourth-order valence-electron chi connectivity index (χ4n) is 1.40. The Labute approximate surface area is 110 Å². The molecular weight excluding hydrogens is 277 g/mol. The van der Waals surface area contributed by atoms with E-state index in [-0.39, 0.29) is 12.2 Å². The van der Waals surface area contributed by atoms with Crippen LogP contribution in [0.25, 0.3) is 0 Å². The van der Waals surface area contributed by atoms with Gasteiger partial charge in [0.1, 0.15) is 12.2 Å². The van der Waals surface area contributed by atoms with Crippen molar-refractivity contribution in [2.24, 2.45) is 0 Å². The predicted octanol–water partition coefficient (Wildman–Crippen LogP) is 1.15. The SMILES string of the molecule is O=Cc1cn(CC(=O)Nc2ccc(F)c(F)c2F)nn1. The van der Waals surface area contributed by atoms with E-state index in [1.807, 2.05) is 0 Å². The van der Waals surface area contributed by atoms with E-state index in [4.69, 9.17) is 0 Å². The van der Waals surface area contributed by atoms with E-state index in [1.165, 1.54) is 6.20 Å². The molecule has 2 rings (SSSR count). The van der Waals surface area contributed by atoms with E-state index < -0.39 is 29.0 Å². The highest BCUT2D eigenvalue weighted by Crippen LogP contribution is 2.19. The minimum atomic E-state index is -1.67. The molecule has 0 saturated carbocycles. The normalized spacial score (nSPS) is 10.3. The summed E-state index contributed by atoms with van der Waals surface area (Å²) < 4.78 is 40.0. The fourth-order valence-corrected chi connectivity index (χ4v) is 1.40. The third-order valence-corrected chi connectivity index (χ3v) is 2.29. The number of halogens is 3. The van der Waals surface area contributed by atoms with Crippen LogP contribution in [0.5, 0.6) is 0 Å². The van der Waals surface area contributed by atoms with Crippen molar-refractivity contribution in [3.8, 4) is 0 Å². The number of nitrogens with zero attached hydrogens (tertiary/aromatic N) is 3. The van der Waals surface area contributed by atoms with E-state index in [0.29, 0.717) is 12.4 Å². The third-order valence-electron chi connectivity index (χ3n) is 2.29. The number of rotatable bonds is 4. The maximum absolute atomic E-state index is 13.3. The molecule has 1 N–H and O–H groups in total. The van der Waals surface area contributed by atoms with Crippen molar-refractivity contribution >= 4 is 17.9 Å². The molecule has 0 atom stereocenters. The minimum absolute atomic E-state index is 0.0248. The first kappa shape index (κ1) is 13.7. The van der Waals surface area contributed by atoms with Gasteiger partial charge in [0.15, 0.2) is 23.7 Å². The number of amides is 1. The predicted molar refractivity (Wildman–Crippen MR) is 60.4 cm³/mol.